The van der Waals surface area contributed by atoms with E-state index >= 15 is 0 Å². The molecule has 0 saturated heterocycles. The van der Waals surface area contributed by atoms with Crippen LogP contribution in [0.15, 0.2) is 27.1 Å². The molecular formula is C21H29Br2NO6. The highest BCUT2D eigenvalue weighted by Gasteiger charge is 2.36. The molecule has 1 rings (SSSR count). The summed E-state index contributed by atoms with van der Waals surface area (Å²) in [5, 5.41) is 0. The summed E-state index contributed by atoms with van der Waals surface area (Å²) >= 11 is 6.82. The minimum atomic E-state index is -1.08. The number of hydrogen-bond acceptors (Lipinski definition) is 6. The molecule has 0 aromatic heterocycles. The Morgan fingerprint density at radius 3 is 1.87 bits per heavy atom. The van der Waals surface area contributed by atoms with Gasteiger partial charge in [0.2, 0.25) is 0 Å². The standard InChI is InChI=1S/C21H29Br2NO6/c1-20(2,3)29-17(25)12-24(19(27)30-21(4,5)6)16(18(26)28-7)10-13-8-14(22)11-15(23)9-13/h8-9,11,16H,10,12H2,1-7H3. The van der Waals surface area contributed by atoms with Crippen molar-refractivity contribution in [2.75, 3.05) is 13.7 Å². The second-order valence-corrected chi connectivity index (χ2v) is 10.5. The Morgan fingerprint density at radius 2 is 1.43 bits per heavy atom. The average molecular weight is 551 g/mol. The number of carbonyl (C=O) groups is 3. The van der Waals surface area contributed by atoms with Crippen molar-refractivity contribution in [3.63, 3.8) is 0 Å². The van der Waals surface area contributed by atoms with Gasteiger partial charge in [-0.1, -0.05) is 31.9 Å². The van der Waals surface area contributed by atoms with E-state index in [4.69, 9.17) is 14.2 Å². The van der Waals surface area contributed by atoms with Crippen LogP contribution < -0.4 is 0 Å². The van der Waals surface area contributed by atoms with E-state index in [0.717, 1.165) is 19.4 Å². The Morgan fingerprint density at radius 1 is 0.933 bits per heavy atom. The Kier molecular flexibility index (Phi) is 9.35. The maximum Gasteiger partial charge on any atom is 0.411 e. The van der Waals surface area contributed by atoms with Gasteiger partial charge >= 0.3 is 18.0 Å². The van der Waals surface area contributed by atoms with Crippen molar-refractivity contribution in [3.05, 3.63) is 32.7 Å². The van der Waals surface area contributed by atoms with E-state index in [1.807, 2.05) is 18.2 Å². The molecule has 0 radical (unpaired) electrons. The van der Waals surface area contributed by atoms with Gasteiger partial charge < -0.3 is 14.2 Å². The van der Waals surface area contributed by atoms with Crippen LogP contribution in [-0.4, -0.2) is 53.8 Å². The van der Waals surface area contributed by atoms with Crippen LogP contribution in [0.4, 0.5) is 4.79 Å². The number of amides is 1. The summed E-state index contributed by atoms with van der Waals surface area (Å²) in [6.45, 7) is 9.82. The molecular weight excluding hydrogens is 522 g/mol. The molecule has 7 nitrogen and oxygen atoms in total. The molecule has 0 fully saturated rings. The number of methoxy groups -OCH3 is 1. The van der Waals surface area contributed by atoms with Crippen LogP contribution in [0.3, 0.4) is 0 Å². The molecule has 0 aliphatic rings. The number of rotatable bonds is 6. The largest absolute Gasteiger partial charge is 0.467 e. The Balaban J connectivity index is 3.30. The molecule has 0 saturated carbocycles. The van der Waals surface area contributed by atoms with E-state index in [2.05, 4.69) is 31.9 Å². The lowest BCUT2D eigenvalue weighted by Crippen LogP contribution is -2.51. The van der Waals surface area contributed by atoms with Gasteiger partial charge in [-0.2, -0.15) is 0 Å². The fourth-order valence-corrected chi connectivity index (χ4v) is 3.93. The Hall–Kier alpha value is -1.61. The van der Waals surface area contributed by atoms with Crippen LogP contribution >= 0.6 is 31.9 Å². The summed E-state index contributed by atoms with van der Waals surface area (Å²) in [5.41, 5.74) is -0.806. The smallest absolute Gasteiger partial charge is 0.411 e. The molecule has 168 valence electrons. The van der Waals surface area contributed by atoms with Gasteiger partial charge in [0.05, 0.1) is 7.11 Å². The van der Waals surface area contributed by atoms with Crippen LogP contribution in [-0.2, 0) is 30.2 Å². The van der Waals surface area contributed by atoms with Gasteiger partial charge in [0.1, 0.15) is 23.8 Å². The highest BCUT2D eigenvalue weighted by Crippen LogP contribution is 2.23. The second kappa shape index (κ2) is 10.6. The van der Waals surface area contributed by atoms with E-state index in [0.29, 0.717) is 0 Å². The quantitative estimate of drug-likeness (QED) is 0.371. The summed E-state index contributed by atoms with van der Waals surface area (Å²) < 4.78 is 17.3. The zero-order valence-electron chi connectivity index (χ0n) is 18.4. The molecule has 1 amide bonds. The van der Waals surface area contributed by atoms with Gasteiger partial charge in [-0.25, -0.2) is 9.59 Å². The van der Waals surface area contributed by atoms with Crippen LogP contribution in [0, 0.1) is 0 Å². The molecule has 1 atom stereocenters. The monoisotopic (exact) mass is 549 g/mol. The van der Waals surface area contributed by atoms with Gasteiger partial charge in [0, 0.05) is 15.4 Å². The van der Waals surface area contributed by atoms with Crippen molar-refractivity contribution in [1.29, 1.82) is 0 Å². The van der Waals surface area contributed by atoms with Crippen molar-refractivity contribution in [2.45, 2.75) is 65.2 Å². The summed E-state index contributed by atoms with van der Waals surface area (Å²) in [4.78, 5) is 39.1. The summed E-state index contributed by atoms with van der Waals surface area (Å²) in [6.07, 6.45) is -0.690. The van der Waals surface area contributed by atoms with Gasteiger partial charge in [-0.05, 0) is 65.3 Å². The second-order valence-electron chi connectivity index (χ2n) is 8.72. The van der Waals surface area contributed by atoms with E-state index < -0.39 is 41.8 Å². The number of carbonyl (C=O) groups excluding carboxylic acids is 3. The van der Waals surface area contributed by atoms with E-state index in [1.165, 1.54) is 7.11 Å². The first kappa shape index (κ1) is 26.4. The fourth-order valence-electron chi connectivity index (χ4n) is 2.54. The molecule has 0 heterocycles. The van der Waals surface area contributed by atoms with Crippen LogP contribution in [0.2, 0.25) is 0 Å². The molecule has 9 heteroatoms. The van der Waals surface area contributed by atoms with Crippen LogP contribution in [0.1, 0.15) is 47.1 Å². The maximum absolute atomic E-state index is 12.9. The summed E-state index contributed by atoms with van der Waals surface area (Å²) in [6, 6.07) is 4.41. The maximum atomic E-state index is 12.9. The molecule has 1 unspecified atom stereocenters. The molecule has 0 aliphatic carbocycles. The summed E-state index contributed by atoms with van der Waals surface area (Å²) in [7, 11) is 1.23. The summed E-state index contributed by atoms with van der Waals surface area (Å²) in [5.74, 6) is -1.32. The van der Waals surface area contributed by atoms with Crippen LogP contribution in [0.5, 0.6) is 0 Å². The van der Waals surface area contributed by atoms with E-state index in [9.17, 15) is 14.4 Å². The third-order valence-electron chi connectivity index (χ3n) is 3.55. The first-order valence-corrected chi connectivity index (χ1v) is 10.9. The number of hydrogen-bond donors (Lipinski definition) is 0. The van der Waals surface area contributed by atoms with Crippen molar-refractivity contribution in [3.8, 4) is 0 Å². The predicted molar refractivity (Wildman–Crippen MR) is 120 cm³/mol. The minimum absolute atomic E-state index is 0.118. The van der Waals surface area contributed by atoms with Crippen LogP contribution in [0.25, 0.3) is 0 Å². The fraction of sp³-hybridized carbons (Fsp3) is 0.571. The topological polar surface area (TPSA) is 82.1 Å². The third kappa shape index (κ3) is 9.47. The number of esters is 2. The van der Waals surface area contributed by atoms with Crippen molar-refractivity contribution < 1.29 is 28.6 Å². The number of halogens is 2. The lowest BCUT2D eigenvalue weighted by Gasteiger charge is -2.32. The van der Waals surface area contributed by atoms with Gasteiger partial charge in [-0.15, -0.1) is 0 Å². The molecule has 0 spiro atoms. The molecule has 1 aromatic carbocycles. The first-order chi connectivity index (χ1) is 13.6. The molecule has 1 aromatic rings. The number of ether oxygens (including phenoxy) is 3. The number of benzene rings is 1. The average Bonchev–Trinajstić information content (AvgIpc) is 2.53. The number of nitrogens with zero attached hydrogens (tertiary/aromatic N) is 1. The molecule has 0 N–H and O–H groups in total. The Bertz CT molecular complexity index is 762. The van der Waals surface area contributed by atoms with Crippen molar-refractivity contribution in [2.24, 2.45) is 0 Å². The van der Waals surface area contributed by atoms with Crippen molar-refractivity contribution >= 4 is 49.9 Å². The van der Waals surface area contributed by atoms with Gasteiger partial charge in [0.25, 0.3) is 0 Å². The first-order valence-electron chi connectivity index (χ1n) is 9.35. The highest BCUT2D eigenvalue weighted by molar-refractivity contribution is 9.11. The SMILES string of the molecule is COC(=O)C(Cc1cc(Br)cc(Br)c1)N(CC(=O)OC(C)(C)C)C(=O)OC(C)(C)C. The zero-order chi connectivity index (χ0) is 23.3. The van der Waals surface area contributed by atoms with E-state index in [1.54, 1.807) is 41.5 Å². The molecule has 30 heavy (non-hydrogen) atoms. The molecule has 0 aliphatic heterocycles. The van der Waals surface area contributed by atoms with Crippen molar-refractivity contribution in [1.82, 2.24) is 4.90 Å². The normalized spacial score (nSPS) is 12.7. The van der Waals surface area contributed by atoms with Gasteiger partial charge in [-0.3, -0.25) is 9.69 Å². The molecule has 0 bridgehead atoms. The third-order valence-corrected chi connectivity index (χ3v) is 4.46. The highest BCUT2D eigenvalue weighted by atomic mass is 79.9. The van der Waals surface area contributed by atoms with Gasteiger partial charge in [0.15, 0.2) is 0 Å². The Labute approximate surface area is 194 Å². The predicted octanol–water partition coefficient (Wildman–Crippen LogP) is 4.87. The van der Waals surface area contributed by atoms with E-state index in [-0.39, 0.29) is 6.42 Å². The zero-order valence-corrected chi connectivity index (χ0v) is 21.5. The minimum Gasteiger partial charge on any atom is -0.467 e. The lowest BCUT2D eigenvalue weighted by atomic mass is 10.0. The lowest BCUT2D eigenvalue weighted by molar-refractivity contribution is -0.158.